The summed E-state index contributed by atoms with van der Waals surface area (Å²) in [4.78, 5) is 9.65. The summed E-state index contributed by atoms with van der Waals surface area (Å²) in [6, 6.07) is 3.54. The van der Waals surface area contributed by atoms with E-state index < -0.39 is 56.8 Å². The highest BCUT2D eigenvalue weighted by molar-refractivity contribution is 7.89. The lowest BCUT2D eigenvalue weighted by molar-refractivity contribution is -0.306. The maximum atomic E-state index is 13.0. The average molecular weight is 475 g/mol. The van der Waals surface area contributed by atoms with Crippen LogP contribution in [0.5, 0.6) is 0 Å². The molecule has 0 aliphatic rings. The third-order valence-electron chi connectivity index (χ3n) is 3.82. The highest BCUT2D eigenvalue weighted by Gasteiger charge is 2.38. The molecule has 0 bridgehead atoms. The maximum Gasteiger partial charge on any atom is 0.416 e. The van der Waals surface area contributed by atoms with Crippen molar-refractivity contribution in [2.45, 2.75) is 29.7 Å². The molecule has 2 aromatic rings. The molecule has 13 heteroatoms. The minimum Gasteiger partial charge on any atom is -0.550 e. The Hall–Kier alpha value is -2.31. The molecule has 0 aliphatic carbocycles. The van der Waals surface area contributed by atoms with E-state index in [1.165, 1.54) is 24.3 Å². The molecule has 2 rings (SSSR count). The summed E-state index contributed by atoms with van der Waals surface area (Å²) < 4.78 is 105. The second-order valence-corrected chi connectivity index (χ2v) is 8.13. The standard InChI is InChI=1S/C17H12ClF6NO4S/c18-13-4-2-1-3-12(13)14(8-15(26)27)25-30(28,29)11-6-9(16(19,20)21)5-10(7-11)17(22,23)24/h1-7,14,25H,8H2,(H,26,27)/p-1/t14-/m0/s1. The van der Waals surface area contributed by atoms with Crippen LogP contribution in [-0.2, 0) is 27.2 Å². The second-order valence-electron chi connectivity index (χ2n) is 6.01. The van der Waals surface area contributed by atoms with Crippen LogP contribution in [0, 0.1) is 0 Å². The molecule has 0 fully saturated rings. The Morgan fingerprint density at radius 1 is 1.00 bits per heavy atom. The van der Waals surface area contributed by atoms with E-state index in [-0.39, 0.29) is 28.8 Å². The number of benzene rings is 2. The van der Waals surface area contributed by atoms with Crippen molar-refractivity contribution in [3.8, 4) is 0 Å². The SMILES string of the molecule is O=C([O-])C[C@H](NS(=O)(=O)c1cc(C(F)(F)F)cc(C(F)(F)F)c1)c1ccccc1Cl. The average Bonchev–Trinajstić information content (AvgIpc) is 2.59. The quantitative estimate of drug-likeness (QED) is 0.649. The molecule has 0 aromatic heterocycles. The van der Waals surface area contributed by atoms with E-state index in [1.54, 1.807) is 4.72 Å². The van der Waals surface area contributed by atoms with E-state index in [1.807, 2.05) is 0 Å². The van der Waals surface area contributed by atoms with Crippen LogP contribution in [-0.4, -0.2) is 14.4 Å². The van der Waals surface area contributed by atoms with Crippen LogP contribution in [0.1, 0.15) is 29.2 Å². The molecule has 5 nitrogen and oxygen atoms in total. The molecule has 0 amide bonds. The molecule has 1 N–H and O–H groups in total. The number of alkyl halides is 6. The fourth-order valence-corrected chi connectivity index (χ4v) is 4.03. The van der Waals surface area contributed by atoms with Crippen molar-refractivity contribution in [3.63, 3.8) is 0 Å². The number of hydrogen-bond acceptors (Lipinski definition) is 4. The number of halogens is 7. The topological polar surface area (TPSA) is 86.3 Å². The summed E-state index contributed by atoms with van der Waals surface area (Å²) in [5.41, 5.74) is -3.74. The van der Waals surface area contributed by atoms with Gasteiger partial charge in [-0.2, -0.15) is 26.3 Å². The Kier molecular flexibility index (Phi) is 6.74. The van der Waals surface area contributed by atoms with Crippen LogP contribution in [0.25, 0.3) is 0 Å². The minimum atomic E-state index is -5.27. The molecule has 0 unspecified atom stereocenters. The Balaban J connectivity index is 2.58. The minimum absolute atomic E-state index is 0.0141. The number of carboxylic acid groups (broad SMARTS) is 1. The molecule has 30 heavy (non-hydrogen) atoms. The Morgan fingerprint density at radius 3 is 1.93 bits per heavy atom. The number of nitrogens with one attached hydrogen (secondary N) is 1. The van der Waals surface area contributed by atoms with Gasteiger partial charge in [0.05, 0.1) is 22.1 Å². The summed E-state index contributed by atoms with van der Waals surface area (Å²) in [5, 5.41) is 10.9. The molecule has 0 heterocycles. The van der Waals surface area contributed by atoms with Gasteiger partial charge in [0.25, 0.3) is 0 Å². The van der Waals surface area contributed by atoms with Crippen molar-refractivity contribution in [2.24, 2.45) is 0 Å². The first-order valence-corrected chi connectivity index (χ1v) is 9.73. The molecule has 0 spiro atoms. The molecule has 2 aromatic carbocycles. The first kappa shape index (κ1) is 24.0. The highest BCUT2D eigenvalue weighted by atomic mass is 35.5. The van der Waals surface area contributed by atoms with Crippen molar-refractivity contribution >= 4 is 27.6 Å². The predicted octanol–water partition coefficient (Wildman–Crippen LogP) is 3.54. The van der Waals surface area contributed by atoms with Crippen molar-refractivity contribution < 1.29 is 44.7 Å². The normalized spacial score (nSPS) is 13.8. The Bertz CT molecular complexity index is 1020. The number of hydrogen-bond donors (Lipinski definition) is 1. The highest BCUT2D eigenvalue weighted by Crippen LogP contribution is 2.37. The van der Waals surface area contributed by atoms with Crippen LogP contribution >= 0.6 is 11.6 Å². The third kappa shape index (κ3) is 5.86. The first-order valence-electron chi connectivity index (χ1n) is 7.87. The molecular weight excluding hydrogens is 464 g/mol. The van der Waals surface area contributed by atoms with E-state index in [0.29, 0.717) is 0 Å². The van der Waals surface area contributed by atoms with Crippen LogP contribution in [0.15, 0.2) is 47.4 Å². The van der Waals surface area contributed by atoms with Gasteiger partial charge in [-0.25, -0.2) is 13.1 Å². The zero-order valence-electron chi connectivity index (χ0n) is 14.5. The van der Waals surface area contributed by atoms with Gasteiger partial charge in [-0.3, -0.25) is 0 Å². The zero-order valence-corrected chi connectivity index (χ0v) is 16.1. The molecule has 1 atom stereocenters. The fraction of sp³-hybridized carbons (Fsp3) is 0.235. The number of sulfonamides is 1. The van der Waals surface area contributed by atoms with Gasteiger partial charge in [0.1, 0.15) is 0 Å². The number of carbonyl (C=O) groups is 1. The third-order valence-corrected chi connectivity index (χ3v) is 5.62. The van der Waals surface area contributed by atoms with Crippen molar-refractivity contribution in [1.29, 1.82) is 0 Å². The Labute approximate surface area is 171 Å². The van der Waals surface area contributed by atoms with Gasteiger partial charge in [0, 0.05) is 17.4 Å². The van der Waals surface area contributed by atoms with Crippen molar-refractivity contribution in [1.82, 2.24) is 4.72 Å². The van der Waals surface area contributed by atoms with Crippen LogP contribution in [0.4, 0.5) is 26.3 Å². The van der Waals surface area contributed by atoms with E-state index in [2.05, 4.69) is 0 Å². The summed E-state index contributed by atoms with van der Waals surface area (Å²) in [7, 11) is -5.04. The fourth-order valence-electron chi connectivity index (χ4n) is 2.48. The lowest BCUT2D eigenvalue weighted by atomic mass is 10.1. The van der Waals surface area contributed by atoms with E-state index in [9.17, 15) is 44.7 Å². The molecule has 0 radical (unpaired) electrons. The molecular formula is C17H11ClF6NO4S-. The predicted molar refractivity (Wildman–Crippen MR) is 90.6 cm³/mol. The zero-order chi connectivity index (χ0) is 22.9. The number of rotatable bonds is 6. The smallest absolute Gasteiger partial charge is 0.416 e. The van der Waals surface area contributed by atoms with Crippen LogP contribution < -0.4 is 9.83 Å². The number of aliphatic carboxylic acids is 1. The van der Waals surface area contributed by atoms with Crippen LogP contribution in [0.2, 0.25) is 5.02 Å². The lowest BCUT2D eigenvalue weighted by Gasteiger charge is -2.21. The lowest BCUT2D eigenvalue weighted by Crippen LogP contribution is -2.34. The molecule has 164 valence electrons. The van der Waals surface area contributed by atoms with Gasteiger partial charge >= 0.3 is 12.4 Å². The maximum absolute atomic E-state index is 13.0. The molecule has 0 saturated carbocycles. The summed E-state index contributed by atoms with van der Waals surface area (Å²) in [6.07, 6.45) is -11.5. The second kappa shape index (κ2) is 8.44. The number of carbonyl (C=O) groups excluding carboxylic acids is 1. The molecule has 0 aliphatic heterocycles. The molecule has 0 saturated heterocycles. The summed E-state index contributed by atoms with van der Waals surface area (Å²) >= 11 is 5.90. The van der Waals surface area contributed by atoms with Gasteiger partial charge in [-0.15, -0.1) is 0 Å². The Morgan fingerprint density at radius 2 is 1.50 bits per heavy atom. The summed E-state index contributed by atoms with van der Waals surface area (Å²) in [6.45, 7) is 0. The van der Waals surface area contributed by atoms with Gasteiger partial charge in [-0.1, -0.05) is 29.8 Å². The summed E-state index contributed by atoms with van der Waals surface area (Å²) in [5.74, 6) is -1.73. The van der Waals surface area contributed by atoms with Gasteiger partial charge in [0.15, 0.2) is 0 Å². The van der Waals surface area contributed by atoms with Crippen LogP contribution in [0.3, 0.4) is 0 Å². The van der Waals surface area contributed by atoms with E-state index in [0.717, 1.165) is 0 Å². The van der Waals surface area contributed by atoms with E-state index in [4.69, 9.17) is 11.6 Å². The largest absolute Gasteiger partial charge is 0.550 e. The van der Waals surface area contributed by atoms with Crippen molar-refractivity contribution in [2.75, 3.05) is 0 Å². The first-order chi connectivity index (χ1) is 13.6. The van der Waals surface area contributed by atoms with Crippen molar-refractivity contribution in [3.05, 3.63) is 64.2 Å². The monoisotopic (exact) mass is 474 g/mol. The van der Waals surface area contributed by atoms with Gasteiger partial charge in [-0.05, 0) is 29.8 Å². The van der Waals surface area contributed by atoms with Gasteiger partial charge < -0.3 is 9.90 Å². The van der Waals surface area contributed by atoms with E-state index >= 15 is 0 Å². The number of carboxylic acids is 1. The van der Waals surface area contributed by atoms with Gasteiger partial charge in [0.2, 0.25) is 10.0 Å².